The fourth-order valence-corrected chi connectivity index (χ4v) is 2.69. The van der Waals surface area contributed by atoms with Crippen LogP contribution in [0.25, 0.3) is 0 Å². The van der Waals surface area contributed by atoms with E-state index >= 15 is 0 Å². The van der Waals surface area contributed by atoms with Gasteiger partial charge >= 0.3 is 13.8 Å². The Labute approximate surface area is 102 Å². The van der Waals surface area contributed by atoms with Gasteiger partial charge in [-0.25, -0.2) is 4.79 Å². The van der Waals surface area contributed by atoms with Crippen molar-refractivity contribution >= 4 is 19.1 Å². The quantitative estimate of drug-likeness (QED) is 0.345. The Bertz CT molecular complexity index is 553. The fourth-order valence-electron chi connectivity index (χ4n) is 2.10. The van der Waals surface area contributed by atoms with Crippen LogP contribution in [0, 0.1) is 0 Å². The second-order valence-electron chi connectivity index (χ2n) is 4.14. The highest BCUT2D eigenvalue weighted by Gasteiger charge is 2.39. The Morgan fingerprint density at radius 1 is 1.44 bits per heavy atom. The molecule has 0 saturated heterocycles. The Balaban J connectivity index is 2.42. The molecule has 1 unspecified atom stereocenters. The molecule has 7 nitrogen and oxygen atoms in total. The van der Waals surface area contributed by atoms with Crippen molar-refractivity contribution in [2.24, 2.45) is 5.73 Å². The summed E-state index contributed by atoms with van der Waals surface area (Å²) < 4.78 is 15.8. The number of benzene rings is 1. The minimum absolute atomic E-state index is 0.110. The molecule has 0 spiro atoms. The van der Waals surface area contributed by atoms with Crippen molar-refractivity contribution in [2.75, 3.05) is 0 Å². The normalized spacial score (nSPS) is 22.6. The van der Waals surface area contributed by atoms with Gasteiger partial charge in [-0.15, -0.1) is 0 Å². The Morgan fingerprint density at radius 3 is 2.67 bits per heavy atom. The van der Waals surface area contributed by atoms with Crippen LogP contribution in [-0.2, 0) is 21.4 Å². The molecular weight excluding hydrogens is 261 g/mol. The van der Waals surface area contributed by atoms with E-state index < -0.39 is 19.5 Å². The molecule has 0 heterocycles. The van der Waals surface area contributed by atoms with Gasteiger partial charge < -0.3 is 19.6 Å². The van der Waals surface area contributed by atoms with Gasteiger partial charge in [0.05, 0.1) is 5.30 Å². The van der Waals surface area contributed by atoms with E-state index in [-0.39, 0.29) is 11.7 Å². The van der Waals surface area contributed by atoms with E-state index in [0.29, 0.717) is 17.5 Å². The third-order valence-electron chi connectivity index (χ3n) is 2.92. The SMILES string of the molecule is NC1(OC(=O)O)CCc2cc(P(=O)(O)O)ccc21. The van der Waals surface area contributed by atoms with E-state index in [0.717, 1.165) is 0 Å². The molecule has 0 aliphatic heterocycles. The third-order valence-corrected chi connectivity index (χ3v) is 3.87. The van der Waals surface area contributed by atoms with Gasteiger partial charge in [-0.3, -0.25) is 10.3 Å². The van der Waals surface area contributed by atoms with Crippen LogP contribution in [0.15, 0.2) is 18.2 Å². The number of carbonyl (C=O) groups is 1. The Morgan fingerprint density at radius 2 is 2.11 bits per heavy atom. The van der Waals surface area contributed by atoms with Crippen LogP contribution in [0.3, 0.4) is 0 Å². The van der Waals surface area contributed by atoms with Crippen LogP contribution in [-0.4, -0.2) is 21.0 Å². The lowest BCUT2D eigenvalue weighted by molar-refractivity contribution is -0.0179. The molecule has 1 atom stereocenters. The standard InChI is InChI=1S/C10H12NO6P/c11-10(17-9(12)13)4-3-6-5-7(18(14,15)16)1-2-8(6)10/h1-2,5H,3-4,11H2,(H,12,13)(H2,14,15,16). The number of fused-ring (bicyclic) bond motifs is 1. The van der Waals surface area contributed by atoms with Gasteiger partial charge in [0.2, 0.25) is 0 Å². The van der Waals surface area contributed by atoms with E-state index in [9.17, 15) is 9.36 Å². The molecule has 0 amide bonds. The lowest BCUT2D eigenvalue weighted by atomic mass is 10.1. The summed E-state index contributed by atoms with van der Waals surface area (Å²) >= 11 is 0. The summed E-state index contributed by atoms with van der Waals surface area (Å²) in [6.07, 6.45) is -0.823. The van der Waals surface area contributed by atoms with Crippen molar-refractivity contribution in [3.63, 3.8) is 0 Å². The number of rotatable bonds is 2. The van der Waals surface area contributed by atoms with Gasteiger partial charge in [-0.2, -0.15) is 0 Å². The molecule has 1 aromatic rings. The smallest absolute Gasteiger partial charge is 0.450 e. The largest absolute Gasteiger partial charge is 0.507 e. The van der Waals surface area contributed by atoms with E-state index in [1.54, 1.807) is 0 Å². The first kappa shape index (κ1) is 13.0. The number of hydrogen-bond acceptors (Lipinski definition) is 4. The zero-order valence-corrected chi connectivity index (χ0v) is 10.1. The van der Waals surface area contributed by atoms with Crippen molar-refractivity contribution < 1.29 is 29.0 Å². The highest BCUT2D eigenvalue weighted by Crippen LogP contribution is 2.39. The predicted molar refractivity (Wildman–Crippen MR) is 61.4 cm³/mol. The lowest BCUT2D eigenvalue weighted by Crippen LogP contribution is -2.39. The van der Waals surface area contributed by atoms with Gasteiger partial charge in [0.25, 0.3) is 0 Å². The number of ether oxygens (including phenoxy) is 1. The van der Waals surface area contributed by atoms with E-state index in [2.05, 4.69) is 4.74 Å². The number of nitrogens with two attached hydrogens (primary N) is 1. The van der Waals surface area contributed by atoms with Crippen molar-refractivity contribution in [3.05, 3.63) is 29.3 Å². The maximum atomic E-state index is 11.1. The molecule has 5 N–H and O–H groups in total. The molecular formula is C10H12NO6P. The zero-order valence-electron chi connectivity index (χ0n) is 9.24. The highest BCUT2D eigenvalue weighted by molar-refractivity contribution is 7.60. The molecule has 0 radical (unpaired) electrons. The summed E-state index contributed by atoms with van der Waals surface area (Å²) in [5.41, 5.74) is 5.44. The second-order valence-corrected chi connectivity index (χ2v) is 5.75. The minimum atomic E-state index is -4.32. The molecule has 0 aromatic heterocycles. The van der Waals surface area contributed by atoms with Gasteiger partial charge in [-0.05, 0) is 24.1 Å². The molecule has 98 valence electrons. The van der Waals surface area contributed by atoms with Crippen LogP contribution in [0.2, 0.25) is 0 Å². The first-order chi connectivity index (χ1) is 8.22. The second kappa shape index (κ2) is 4.07. The van der Waals surface area contributed by atoms with Crippen LogP contribution >= 0.6 is 7.60 Å². The first-order valence-electron chi connectivity index (χ1n) is 5.13. The molecule has 1 aliphatic carbocycles. The maximum Gasteiger partial charge on any atom is 0.507 e. The van der Waals surface area contributed by atoms with E-state index in [4.69, 9.17) is 20.6 Å². The van der Waals surface area contributed by atoms with Gasteiger partial charge in [0, 0.05) is 12.0 Å². The van der Waals surface area contributed by atoms with Crippen molar-refractivity contribution in [3.8, 4) is 0 Å². The van der Waals surface area contributed by atoms with Crippen LogP contribution in [0.1, 0.15) is 17.5 Å². The molecule has 8 heteroatoms. The van der Waals surface area contributed by atoms with Crippen molar-refractivity contribution in [1.29, 1.82) is 0 Å². The van der Waals surface area contributed by atoms with Gasteiger partial charge in [0.1, 0.15) is 0 Å². The van der Waals surface area contributed by atoms with Gasteiger partial charge in [0.15, 0.2) is 5.72 Å². The molecule has 1 aliphatic rings. The summed E-state index contributed by atoms with van der Waals surface area (Å²) in [5.74, 6) is 0. The summed E-state index contributed by atoms with van der Waals surface area (Å²) in [7, 11) is -4.32. The first-order valence-corrected chi connectivity index (χ1v) is 6.74. The predicted octanol–water partition coefficient (Wildman–Crippen LogP) is 0.242. The van der Waals surface area contributed by atoms with Crippen molar-refractivity contribution in [1.82, 2.24) is 0 Å². The summed E-state index contributed by atoms with van der Waals surface area (Å²) in [4.78, 5) is 28.7. The molecule has 0 fully saturated rings. The third kappa shape index (κ3) is 2.26. The Kier molecular flexibility index (Phi) is 2.95. The van der Waals surface area contributed by atoms with Crippen molar-refractivity contribution in [2.45, 2.75) is 18.6 Å². The average molecular weight is 273 g/mol. The molecule has 0 bridgehead atoms. The zero-order chi connectivity index (χ0) is 13.6. The fraction of sp³-hybridized carbons (Fsp3) is 0.300. The molecule has 1 aromatic carbocycles. The summed E-state index contributed by atoms with van der Waals surface area (Å²) in [5, 5.41) is 8.51. The van der Waals surface area contributed by atoms with Crippen LogP contribution in [0.4, 0.5) is 4.79 Å². The number of hydrogen-bond donors (Lipinski definition) is 4. The number of carboxylic acid groups (broad SMARTS) is 1. The lowest BCUT2D eigenvalue weighted by Gasteiger charge is -2.23. The minimum Gasteiger partial charge on any atom is -0.450 e. The molecule has 18 heavy (non-hydrogen) atoms. The summed E-state index contributed by atoms with van der Waals surface area (Å²) in [6, 6.07) is 3.98. The Hall–Kier alpha value is -1.40. The maximum absolute atomic E-state index is 11.1. The van der Waals surface area contributed by atoms with Gasteiger partial charge in [-0.1, -0.05) is 6.07 Å². The average Bonchev–Trinajstić information content (AvgIpc) is 2.54. The highest BCUT2D eigenvalue weighted by atomic mass is 31.2. The number of aryl methyl sites for hydroxylation is 1. The van der Waals surface area contributed by atoms with E-state index in [1.807, 2.05) is 0 Å². The molecule has 2 rings (SSSR count). The summed E-state index contributed by atoms with van der Waals surface area (Å²) in [6.45, 7) is 0. The van der Waals surface area contributed by atoms with Crippen LogP contribution in [0.5, 0.6) is 0 Å². The monoisotopic (exact) mass is 273 g/mol. The topological polar surface area (TPSA) is 130 Å². The van der Waals surface area contributed by atoms with E-state index in [1.165, 1.54) is 18.2 Å². The molecule has 0 saturated carbocycles. The van der Waals surface area contributed by atoms with Crippen LogP contribution < -0.4 is 11.0 Å².